The molecule has 0 spiro atoms. The number of nitrogens with zero attached hydrogens (tertiary/aromatic N) is 4. The molecule has 1 amide bonds. The first-order chi connectivity index (χ1) is 13.2. The van der Waals surface area contributed by atoms with Crippen molar-refractivity contribution in [3.63, 3.8) is 0 Å². The van der Waals surface area contributed by atoms with Gasteiger partial charge in [0.1, 0.15) is 0 Å². The summed E-state index contributed by atoms with van der Waals surface area (Å²) in [6, 6.07) is 3.57. The van der Waals surface area contributed by atoms with Crippen molar-refractivity contribution in [1.82, 2.24) is 25.2 Å². The van der Waals surface area contributed by atoms with Gasteiger partial charge in [0.05, 0.1) is 18.4 Å². The molecule has 1 atom stereocenters. The summed E-state index contributed by atoms with van der Waals surface area (Å²) >= 11 is 0. The van der Waals surface area contributed by atoms with Gasteiger partial charge in [-0.1, -0.05) is 11.6 Å². The van der Waals surface area contributed by atoms with Gasteiger partial charge in [-0.15, -0.1) is 0 Å². The van der Waals surface area contributed by atoms with E-state index >= 15 is 0 Å². The molecular weight excluding hydrogens is 346 g/mol. The molecule has 0 radical (unpaired) electrons. The summed E-state index contributed by atoms with van der Waals surface area (Å²) in [6.07, 6.45) is 7.81. The van der Waals surface area contributed by atoms with Crippen molar-refractivity contribution < 1.29 is 9.32 Å². The van der Waals surface area contributed by atoms with Gasteiger partial charge in [0.25, 0.3) is 11.5 Å². The van der Waals surface area contributed by atoms with Gasteiger partial charge in [0, 0.05) is 31.3 Å². The number of likely N-dealkylation sites (tertiary alicyclic amines) is 1. The fraction of sp³-hybridized carbons (Fsp3) is 0.579. The molecule has 2 aliphatic rings. The molecule has 0 aromatic carbocycles. The lowest BCUT2D eigenvalue weighted by Crippen LogP contribution is -2.48. The summed E-state index contributed by atoms with van der Waals surface area (Å²) in [4.78, 5) is 26.7. The van der Waals surface area contributed by atoms with E-state index in [1.807, 2.05) is 0 Å². The number of rotatable bonds is 6. The minimum absolute atomic E-state index is 0.0113. The van der Waals surface area contributed by atoms with Gasteiger partial charge in [0.15, 0.2) is 0 Å². The zero-order valence-corrected chi connectivity index (χ0v) is 15.4. The van der Waals surface area contributed by atoms with E-state index in [9.17, 15) is 9.59 Å². The topological polar surface area (TPSA) is 93.3 Å². The van der Waals surface area contributed by atoms with Crippen LogP contribution in [0, 0.1) is 0 Å². The van der Waals surface area contributed by atoms with Gasteiger partial charge in [-0.2, -0.15) is 5.10 Å². The molecule has 1 unspecified atom stereocenters. The lowest BCUT2D eigenvalue weighted by molar-refractivity contribution is 0.0874. The molecule has 1 aliphatic heterocycles. The van der Waals surface area contributed by atoms with E-state index in [2.05, 4.69) is 20.5 Å². The van der Waals surface area contributed by atoms with Crippen molar-refractivity contribution in [2.75, 3.05) is 19.6 Å². The van der Waals surface area contributed by atoms with Crippen molar-refractivity contribution in [1.29, 1.82) is 0 Å². The van der Waals surface area contributed by atoms with Gasteiger partial charge in [-0.25, -0.2) is 4.68 Å². The smallest absolute Gasteiger partial charge is 0.289 e. The summed E-state index contributed by atoms with van der Waals surface area (Å²) in [5.74, 6) is -0.0132. The molecule has 0 saturated carbocycles. The summed E-state index contributed by atoms with van der Waals surface area (Å²) in [5.41, 5.74) is 2.18. The number of nitrogens with one attached hydrogen (secondary N) is 1. The normalized spacial score (nSPS) is 19.8. The second kappa shape index (κ2) is 8.04. The number of hydrogen-bond acceptors (Lipinski definition) is 6. The number of amides is 1. The summed E-state index contributed by atoms with van der Waals surface area (Å²) < 4.78 is 6.50. The predicted molar refractivity (Wildman–Crippen MR) is 98.6 cm³/mol. The molecular formula is C19H25N5O3. The maximum atomic E-state index is 12.3. The Hall–Kier alpha value is -2.48. The number of piperidine rings is 1. The number of hydrogen-bond donors (Lipinski definition) is 1. The highest BCUT2D eigenvalue weighted by Gasteiger charge is 2.24. The first-order valence-corrected chi connectivity index (χ1v) is 9.73. The number of aromatic nitrogens is 3. The van der Waals surface area contributed by atoms with Crippen LogP contribution in [0.15, 0.2) is 27.6 Å². The van der Waals surface area contributed by atoms with Crippen molar-refractivity contribution >= 4 is 5.91 Å². The second-order valence-electron chi connectivity index (χ2n) is 7.30. The first kappa shape index (κ1) is 17.9. The molecule has 27 heavy (non-hydrogen) atoms. The SMILES string of the molecule is O=C(NCC1CCCCN1CCn1nc2c(cc1=O)CCC2)c1ccno1. The monoisotopic (exact) mass is 371 g/mol. The number of carbonyl (C=O) groups excluding carboxylic acids is 1. The van der Waals surface area contributed by atoms with E-state index in [1.54, 1.807) is 16.8 Å². The Morgan fingerprint density at radius 3 is 3.04 bits per heavy atom. The fourth-order valence-corrected chi connectivity index (χ4v) is 4.04. The lowest BCUT2D eigenvalue weighted by atomic mass is 10.0. The van der Waals surface area contributed by atoms with Gasteiger partial charge < -0.3 is 9.84 Å². The molecule has 1 aliphatic carbocycles. The van der Waals surface area contributed by atoms with E-state index in [-0.39, 0.29) is 23.3 Å². The molecule has 8 nitrogen and oxygen atoms in total. The van der Waals surface area contributed by atoms with E-state index in [1.165, 1.54) is 6.20 Å². The molecule has 1 N–H and O–H groups in total. The van der Waals surface area contributed by atoms with Crippen LogP contribution in [-0.2, 0) is 19.4 Å². The molecule has 1 fully saturated rings. The zero-order chi connectivity index (χ0) is 18.6. The molecule has 8 heteroatoms. The van der Waals surface area contributed by atoms with Gasteiger partial charge in [0.2, 0.25) is 5.76 Å². The molecule has 4 rings (SSSR count). The van der Waals surface area contributed by atoms with Gasteiger partial charge in [-0.3, -0.25) is 14.5 Å². The standard InChI is InChI=1S/C19H25N5O3/c25-18-12-14-4-3-6-16(14)22-24(18)11-10-23-9-2-1-5-15(23)13-20-19(26)17-7-8-21-27-17/h7-8,12,15H,1-6,9-11,13H2,(H,20,26). The average molecular weight is 371 g/mol. The molecule has 2 aromatic heterocycles. The van der Waals surface area contributed by atoms with E-state index in [0.717, 1.165) is 62.9 Å². The Balaban J connectivity index is 1.35. The van der Waals surface area contributed by atoms with E-state index in [4.69, 9.17) is 4.52 Å². The van der Waals surface area contributed by atoms with Crippen LogP contribution in [0.5, 0.6) is 0 Å². The van der Waals surface area contributed by atoms with Crippen LogP contribution in [0.25, 0.3) is 0 Å². The number of fused-ring (bicyclic) bond motifs is 1. The Bertz CT molecular complexity index is 846. The molecule has 144 valence electrons. The number of carbonyl (C=O) groups is 1. The molecule has 0 bridgehead atoms. The Labute approximate surface area is 157 Å². The van der Waals surface area contributed by atoms with Gasteiger partial charge in [-0.05, 0) is 44.2 Å². The number of aryl methyl sites for hydroxylation is 2. The predicted octanol–water partition coefficient (Wildman–Crippen LogP) is 1.00. The maximum absolute atomic E-state index is 12.3. The van der Waals surface area contributed by atoms with Crippen LogP contribution in [0.2, 0.25) is 0 Å². The third-order valence-corrected chi connectivity index (χ3v) is 5.53. The quantitative estimate of drug-likeness (QED) is 0.814. The molecule has 1 saturated heterocycles. The van der Waals surface area contributed by atoms with Crippen LogP contribution >= 0.6 is 0 Å². The minimum atomic E-state index is -0.241. The van der Waals surface area contributed by atoms with Crippen molar-refractivity contribution in [2.45, 2.75) is 51.1 Å². The fourth-order valence-electron chi connectivity index (χ4n) is 4.04. The summed E-state index contributed by atoms with van der Waals surface area (Å²) in [6.45, 7) is 2.88. The average Bonchev–Trinajstić information content (AvgIpc) is 3.36. The lowest BCUT2D eigenvalue weighted by Gasteiger charge is -2.35. The van der Waals surface area contributed by atoms with E-state index in [0.29, 0.717) is 13.1 Å². The highest BCUT2D eigenvalue weighted by atomic mass is 16.5. The second-order valence-corrected chi connectivity index (χ2v) is 7.30. The van der Waals surface area contributed by atoms with Crippen molar-refractivity contribution in [2.24, 2.45) is 0 Å². The molecule has 2 aromatic rings. The minimum Gasteiger partial charge on any atom is -0.351 e. The third-order valence-electron chi connectivity index (χ3n) is 5.53. The van der Waals surface area contributed by atoms with Crippen LogP contribution in [-0.4, -0.2) is 51.4 Å². The Morgan fingerprint density at radius 1 is 1.26 bits per heavy atom. The molecule has 3 heterocycles. The van der Waals surface area contributed by atoms with Gasteiger partial charge >= 0.3 is 0 Å². The van der Waals surface area contributed by atoms with E-state index < -0.39 is 0 Å². The first-order valence-electron chi connectivity index (χ1n) is 9.73. The maximum Gasteiger partial charge on any atom is 0.289 e. The summed E-state index contributed by atoms with van der Waals surface area (Å²) in [7, 11) is 0. The Morgan fingerprint density at radius 2 is 2.19 bits per heavy atom. The third kappa shape index (κ3) is 4.10. The highest BCUT2D eigenvalue weighted by Crippen LogP contribution is 2.18. The van der Waals surface area contributed by atoms with Crippen LogP contribution in [0.3, 0.4) is 0 Å². The highest BCUT2D eigenvalue weighted by molar-refractivity contribution is 5.91. The summed E-state index contributed by atoms with van der Waals surface area (Å²) in [5, 5.41) is 11.1. The van der Waals surface area contributed by atoms with Crippen molar-refractivity contribution in [3.8, 4) is 0 Å². The van der Waals surface area contributed by atoms with Crippen LogP contribution < -0.4 is 10.9 Å². The van der Waals surface area contributed by atoms with Crippen LogP contribution in [0.4, 0.5) is 0 Å². The zero-order valence-electron chi connectivity index (χ0n) is 15.4. The Kier molecular flexibility index (Phi) is 5.33. The largest absolute Gasteiger partial charge is 0.351 e. The van der Waals surface area contributed by atoms with Crippen LogP contribution in [0.1, 0.15) is 47.5 Å². The van der Waals surface area contributed by atoms with Crippen molar-refractivity contribution in [3.05, 3.63) is 45.7 Å².